The lowest BCUT2D eigenvalue weighted by molar-refractivity contribution is -0.704. The molecule has 24 heavy (non-hydrogen) atoms. The zero-order valence-corrected chi connectivity index (χ0v) is 16.8. The predicted octanol–water partition coefficient (Wildman–Crippen LogP) is 6.91. The number of aromatic amines is 1. The molecule has 0 amide bonds. The maximum Gasteiger partial charge on any atom is 0.257 e. The maximum absolute atomic E-state index is 3.54. The summed E-state index contributed by atoms with van der Waals surface area (Å²) in [5.74, 6) is 2.21. The highest BCUT2D eigenvalue weighted by Gasteiger charge is 2.21. The number of nitrogens with zero attached hydrogens (tertiary/aromatic N) is 1. The van der Waals surface area contributed by atoms with Crippen LogP contribution in [0.3, 0.4) is 0 Å². The number of H-pyrrole nitrogens is 1. The van der Waals surface area contributed by atoms with Crippen molar-refractivity contribution in [3.63, 3.8) is 0 Å². The average Bonchev–Trinajstić information content (AvgIpc) is 3.04. The number of nitrogens with one attached hydrogen (secondary N) is 1. The molecule has 1 aromatic heterocycles. The summed E-state index contributed by atoms with van der Waals surface area (Å²) in [5.41, 5.74) is 0. The van der Waals surface area contributed by atoms with E-state index in [1.165, 1.54) is 95.7 Å². The van der Waals surface area contributed by atoms with Crippen LogP contribution >= 0.6 is 0 Å². The van der Waals surface area contributed by atoms with Gasteiger partial charge in [0.15, 0.2) is 0 Å². The highest BCUT2D eigenvalue weighted by atomic mass is 15.1. The largest absolute Gasteiger partial charge is 0.257 e. The van der Waals surface area contributed by atoms with Crippen LogP contribution in [0.2, 0.25) is 0 Å². The van der Waals surface area contributed by atoms with Crippen LogP contribution in [0.15, 0.2) is 12.4 Å². The van der Waals surface area contributed by atoms with Crippen LogP contribution < -0.4 is 4.57 Å². The molecule has 0 saturated carbocycles. The molecule has 2 nitrogen and oxygen atoms in total. The highest BCUT2D eigenvalue weighted by Crippen LogP contribution is 2.25. The van der Waals surface area contributed by atoms with Crippen LogP contribution in [0, 0.1) is 0 Å². The molecule has 0 bridgehead atoms. The minimum atomic E-state index is 0.732. The summed E-state index contributed by atoms with van der Waals surface area (Å²) >= 11 is 0. The molecule has 1 heterocycles. The molecule has 0 aliphatic carbocycles. The molecule has 0 fully saturated rings. The normalized spacial score (nSPS) is 12.6. The van der Waals surface area contributed by atoms with Crippen LogP contribution in [-0.4, -0.2) is 4.98 Å². The monoisotopic (exact) mass is 335 g/mol. The van der Waals surface area contributed by atoms with E-state index in [0.29, 0.717) is 0 Å². The van der Waals surface area contributed by atoms with Crippen LogP contribution in [0.4, 0.5) is 0 Å². The van der Waals surface area contributed by atoms with Crippen molar-refractivity contribution in [2.24, 2.45) is 0 Å². The van der Waals surface area contributed by atoms with E-state index in [1.54, 1.807) is 0 Å². The Hall–Kier alpha value is -0.790. The number of aryl methyl sites for hydroxylation is 1. The fraction of sp³-hybridized carbons (Fsp3) is 0.864. The van der Waals surface area contributed by atoms with Gasteiger partial charge in [0, 0.05) is 0 Å². The van der Waals surface area contributed by atoms with Crippen molar-refractivity contribution in [2.45, 2.75) is 123 Å². The number of hydrogen-bond acceptors (Lipinski definition) is 0. The Morgan fingerprint density at radius 3 is 1.96 bits per heavy atom. The fourth-order valence-corrected chi connectivity index (χ4v) is 3.73. The summed E-state index contributed by atoms with van der Waals surface area (Å²) in [6.07, 6.45) is 23.8. The molecule has 1 aromatic rings. The highest BCUT2D eigenvalue weighted by molar-refractivity contribution is 4.89. The van der Waals surface area contributed by atoms with Gasteiger partial charge in [-0.3, -0.25) is 0 Å². The molecule has 1 atom stereocenters. The lowest BCUT2D eigenvalue weighted by atomic mass is 9.94. The Bertz CT molecular complexity index is 383. The van der Waals surface area contributed by atoms with Crippen LogP contribution in [0.25, 0.3) is 0 Å². The van der Waals surface area contributed by atoms with Gasteiger partial charge in [0.1, 0.15) is 12.4 Å². The molecule has 140 valence electrons. The van der Waals surface area contributed by atoms with E-state index in [0.717, 1.165) is 12.5 Å². The first-order chi connectivity index (χ1) is 11.8. The van der Waals surface area contributed by atoms with Gasteiger partial charge in [0.25, 0.3) is 5.82 Å². The summed E-state index contributed by atoms with van der Waals surface area (Å²) < 4.78 is 2.45. The lowest BCUT2D eigenvalue weighted by Gasteiger charge is -2.13. The topological polar surface area (TPSA) is 19.7 Å². The summed E-state index contributed by atoms with van der Waals surface area (Å²) in [7, 11) is 0. The van der Waals surface area contributed by atoms with Crippen molar-refractivity contribution in [1.29, 1.82) is 0 Å². The smallest absolute Gasteiger partial charge is 0.247 e. The van der Waals surface area contributed by atoms with E-state index < -0.39 is 0 Å². The van der Waals surface area contributed by atoms with Crippen molar-refractivity contribution >= 4 is 0 Å². The second-order valence-electron chi connectivity index (χ2n) is 7.49. The Labute approximate surface area is 151 Å². The molecular formula is C22H43N2+. The Morgan fingerprint density at radius 2 is 1.33 bits per heavy atom. The van der Waals surface area contributed by atoms with Gasteiger partial charge in [0.05, 0.1) is 12.5 Å². The Morgan fingerprint density at radius 1 is 0.750 bits per heavy atom. The molecule has 0 aliphatic rings. The van der Waals surface area contributed by atoms with E-state index in [1.807, 2.05) is 0 Å². The standard InChI is InChI=1S/C22H42N2/c1-4-7-9-10-11-12-13-14-15-17-21(16-8-5-2)22-23-18-20-24(22)19-6-3/h18,20-21H,4-17,19H2,1-3H3/p+1/t21-/m0/s1. The molecule has 0 radical (unpaired) electrons. The van der Waals surface area contributed by atoms with Gasteiger partial charge in [-0.15, -0.1) is 0 Å². The maximum atomic E-state index is 3.54. The lowest BCUT2D eigenvalue weighted by Crippen LogP contribution is -2.37. The third-order valence-corrected chi connectivity index (χ3v) is 5.21. The van der Waals surface area contributed by atoms with Gasteiger partial charge in [-0.05, 0) is 19.3 Å². The number of unbranched alkanes of at least 4 members (excludes halogenated alkanes) is 9. The van der Waals surface area contributed by atoms with Gasteiger partial charge in [0.2, 0.25) is 0 Å². The van der Waals surface area contributed by atoms with Gasteiger partial charge >= 0.3 is 0 Å². The van der Waals surface area contributed by atoms with Crippen LogP contribution in [-0.2, 0) is 6.54 Å². The zero-order chi connectivity index (χ0) is 17.5. The fourth-order valence-electron chi connectivity index (χ4n) is 3.73. The van der Waals surface area contributed by atoms with E-state index in [2.05, 4.69) is 42.7 Å². The molecule has 0 spiro atoms. The van der Waals surface area contributed by atoms with Gasteiger partial charge in [-0.2, -0.15) is 0 Å². The van der Waals surface area contributed by atoms with E-state index in [-0.39, 0.29) is 0 Å². The summed E-state index contributed by atoms with van der Waals surface area (Å²) in [4.78, 5) is 3.54. The molecule has 0 saturated heterocycles. The first-order valence-corrected chi connectivity index (χ1v) is 10.9. The zero-order valence-electron chi connectivity index (χ0n) is 16.8. The van der Waals surface area contributed by atoms with E-state index in [9.17, 15) is 0 Å². The van der Waals surface area contributed by atoms with Crippen LogP contribution in [0.5, 0.6) is 0 Å². The van der Waals surface area contributed by atoms with Gasteiger partial charge in [-0.1, -0.05) is 91.4 Å². The number of imidazole rings is 1. The SMILES string of the molecule is CCCCCCCCCCC[C@H](CCCC)c1[nH]cc[n+]1CCC. The molecule has 0 aromatic carbocycles. The molecule has 0 unspecified atom stereocenters. The second-order valence-corrected chi connectivity index (χ2v) is 7.49. The predicted molar refractivity (Wildman–Crippen MR) is 105 cm³/mol. The molecule has 0 aliphatic heterocycles. The van der Waals surface area contributed by atoms with Crippen molar-refractivity contribution in [3.8, 4) is 0 Å². The van der Waals surface area contributed by atoms with Crippen LogP contribution in [0.1, 0.15) is 122 Å². The van der Waals surface area contributed by atoms with Gasteiger partial charge in [-0.25, -0.2) is 9.55 Å². The second kappa shape index (κ2) is 14.5. The number of hydrogen-bond donors (Lipinski definition) is 1. The quantitative estimate of drug-likeness (QED) is 0.250. The van der Waals surface area contributed by atoms with E-state index in [4.69, 9.17) is 0 Å². The van der Waals surface area contributed by atoms with Gasteiger partial charge < -0.3 is 0 Å². The average molecular weight is 336 g/mol. The minimum Gasteiger partial charge on any atom is -0.247 e. The van der Waals surface area contributed by atoms with E-state index >= 15 is 0 Å². The third-order valence-electron chi connectivity index (χ3n) is 5.21. The summed E-state index contributed by atoms with van der Waals surface area (Å²) in [5, 5.41) is 0. The van der Waals surface area contributed by atoms with Crippen molar-refractivity contribution in [2.75, 3.05) is 0 Å². The van der Waals surface area contributed by atoms with Crippen molar-refractivity contribution < 1.29 is 4.57 Å². The van der Waals surface area contributed by atoms with Crippen molar-refractivity contribution in [3.05, 3.63) is 18.2 Å². The first kappa shape index (κ1) is 21.3. The minimum absolute atomic E-state index is 0.732. The molecule has 1 N–H and O–H groups in total. The first-order valence-electron chi connectivity index (χ1n) is 10.9. The Kier molecular flexibility index (Phi) is 12.9. The number of rotatable bonds is 16. The molecule has 2 heteroatoms. The van der Waals surface area contributed by atoms with Crippen molar-refractivity contribution in [1.82, 2.24) is 4.98 Å². The molecule has 1 rings (SSSR count). The third kappa shape index (κ3) is 8.89. The summed E-state index contributed by atoms with van der Waals surface area (Å²) in [6, 6.07) is 0. The number of aromatic nitrogens is 2. The molecular weight excluding hydrogens is 292 g/mol. The Balaban J connectivity index is 2.27. The summed E-state index contributed by atoms with van der Waals surface area (Å²) in [6.45, 7) is 8.03.